The molecule has 1 aliphatic carbocycles. The number of nitrogens with zero attached hydrogens (tertiary/aromatic N) is 2. The fourth-order valence-electron chi connectivity index (χ4n) is 3.79. The molecule has 6 heteroatoms. The molecule has 2 bridgehead atoms. The van der Waals surface area contributed by atoms with Crippen molar-refractivity contribution in [3.8, 4) is 0 Å². The second-order valence-electron chi connectivity index (χ2n) is 6.22. The number of rotatable bonds is 1. The topological polar surface area (TPSA) is 69.7 Å². The molecule has 4 amide bonds. The average molecular weight is 263 g/mol. The fourth-order valence-corrected chi connectivity index (χ4v) is 3.79. The lowest BCUT2D eigenvalue weighted by atomic mass is 9.82. The first-order valence-electron chi connectivity index (χ1n) is 7.03. The lowest BCUT2D eigenvalue weighted by molar-refractivity contribution is -0.148. The number of barbiturate groups is 1. The number of carbonyl (C=O) groups is 3. The van der Waals surface area contributed by atoms with Gasteiger partial charge in [0.2, 0.25) is 11.8 Å². The number of imide groups is 2. The van der Waals surface area contributed by atoms with Crippen LogP contribution in [0.1, 0.15) is 25.7 Å². The van der Waals surface area contributed by atoms with Gasteiger partial charge >= 0.3 is 6.03 Å². The molecule has 1 spiro atoms. The van der Waals surface area contributed by atoms with Crippen molar-refractivity contribution in [1.82, 2.24) is 15.1 Å². The number of fused-ring (bicyclic) bond motifs is 3. The highest BCUT2D eigenvalue weighted by Gasteiger charge is 2.63. The quantitative estimate of drug-likeness (QED) is 0.673. The molecule has 1 unspecified atom stereocenters. The first-order chi connectivity index (χ1) is 9.12. The van der Waals surface area contributed by atoms with Crippen molar-refractivity contribution in [2.24, 2.45) is 11.3 Å². The van der Waals surface area contributed by atoms with Crippen LogP contribution in [0.15, 0.2) is 0 Å². The normalized spacial score (nSPS) is 39.7. The highest BCUT2D eigenvalue weighted by molar-refractivity contribution is 6.21. The minimum atomic E-state index is -0.903. The predicted molar refractivity (Wildman–Crippen MR) is 65.0 cm³/mol. The molecule has 0 aromatic carbocycles. The van der Waals surface area contributed by atoms with Crippen LogP contribution in [0.5, 0.6) is 0 Å². The van der Waals surface area contributed by atoms with Crippen molar-refractivity contribution in [2.45, 2.75) is 31.7 Å². The Hall–Kier alpha value is -1.43. The van der Waals surface area contributed by atoms with Gasteiger partial charge in [-0.1, -0.05) is 0 Å². The molecule has 0 aromatic rings. The zero-order valence-electron chi connectivity index (χ0n) is 10.7. The van der Waals surface area contributed by atoms with Crippen LogP contribution in [-0.4, -0.2) is 53.3 Å². The van der Waals surface area contributed by atoms with E-state index in [1.807, 2.05) is 0 Å². The number of hydrogen-bond acceptors (Lipinski definition) is 4. The van der Waals surface area contributed by atoms with Gasteiger partial charge in [0.1, 0.15) is 5.41 Å². The Labute approximate surface area is 111 Å². The summed E-state index contributed by atoms with van der Waals surface area (Å²) in [5.41, 5.74) is -0.903. The van der Waals surface area contributed by atoms with Gasteiger partial charge in [0, 0.05) is 6.54 Å². The first kappa shape index (κ1) is 11.4. The van der Waals surface area contributed by atoms with Crippen molar-refractivity contribution in [3.05, 3.63) is 0 Å². The van der Waals surface area contributed by atoms with Gasteiger partial charge in [0.05, 0.1) is 6.04 Å². The van der Waals surface area contributed by atoms with Gasteiger partial charge in [-0.25, -0.2) is 4.79 Å². The van der Waals surface area contributed by atoms with Gasteiger partial charge in [0.25, 0.3) is 0 Å². The monoisotopic (exact) mass is 263 g/mol. The van der Waals surface area contributed by atoms with Crippen LogP contribution in [-0.2, 0) is 9.59 Å². The number of nitrogens with one attached hydrogen (secondary N) is 1. The lowest BCUT2D eigenvalue weighted by Gasteiger charge is -2.49. The number of urea groups is 1. The zero-order chi connectivity index (χ0) is 13.2. The first-order valence-corrected chi connectivity index (χ1v) is 7.03. The molecule has 4 heterocycles. The van der Waals surface area contributed by atoms with E-state index in [0.717, 1.165) is 32.5 Å². The maximum Gasteiger partial charge on any atom is 0.331 e. The summed E-state index contributed by atoms with van der Waals surface area (Å²) in [7, 11) is 0. The van der Waals surface area contributed by atoms with E-state index in [4.69, 9.17) is 0 Å². The molecule has 5 aliphatic rings. The second kappa shape index (κ2) is 3.56. The second-order valence-corrected chi connectivity index (χ2v) is 6.22. The average Bonchev–Trinajstić information content (AvgIpc) is 3.20. The number of piperidine rings is 3. The molecular weight excluding hydrogens is 246 g/mol. The smallest absolute Gasteiger partial charge is 0.301 e. The Morgan fingerprint density at radius 1 is 1.11 bits per heavy atom. The summed E-state index contributed by atoms with van der Waals surface area (Å²) >= 11 is 0. The minimum Gasteiger partial charge on any atom is -0.301 e. The molecule has 4 saturated heterocycles. The van der Waals surface area contributed by atoms with E-state index in [1.165, 1.54) is 4.90 Å². The summed E-state index contributed by atoms with van der Waals surface area (Å²) < 4.78 is 0. The highest BCUT2D eigenvalue weighted by atomic mass is 16.2. The SMILES string of the molecule is O=C1NC(=O)C2(CC2)C(=O)N1C1CN2CCC1CC2. The molecule has 6 nitrogen and oxygen atoms in total. The third kappa shape index (κ3) is 1.43. The number of carbonyl (C=O) groups excluding carboxylic acids is 3. The van der Waals surface area contributed by atoms with Crippen molar-refractivity contribution in [2.75, 3.05) is 19.6 Å². The molecule has 0 aromatic heterocycles. The van der Waals surface area contributed by atoms with E-state index >= 15 is 0 Å². The molecule has 102 valence electrons. The van der Waals surface area contributed by atoms with Crippen LogP contribution in [0.2, 0.25) is 0 Å². The van der Waals surface area contributed by atoms with E-state index in [-0.39, 0.29) is 17.9 Å². The third-order valence-corrected chi connectivity index (χ3v) is 5.21. The molecule has 1 saturated carbocycles. The molecule has 5 fully saturated rings. The van der Waals surface area contributed by atoms with Crippen LogP contribution < -0.4 is 5.32 Å². The zero-order valence-corrected chi connectivity index (χ0v) is 10.7. The number of hydrogen-bond donors (Lipinski definition) is 1. The van der Waals surface area contributed by atoms with E-state index in [0.29, 0.717) is 18.8 Å². The van der Waals surface area contributed by atoms with Crippen LogP contribution in [0.3, 0.4) is 0 Å². The van der Waals surface area contributed by atoms with E-state index < -0.39 is 11.4 Å². The molecule has 19 heavy (non-hydrogen) atoms. The summed E-state index contributed by atoms with van der Waals surface area (Å²) in [5, 5.41) is 2.38. The van der Waals surface area contributed by atoms with Crippen LogP contribution in [0.4, 0.5) is 4.79 Å². The number of amides is 4. The predicted octanol–water partition coefficient (Wildman–Crippen LogP) is -0.0608. The molecule has 4 aliphatic heterocycles. The van der Waals surface area contributed by atoms with E-state index in [2.05, 4.69) is 10.2 Å². The Morgan fingerprint density at radius 2 is 1.79 bits per heavy atom. The van der Waals surface area contributed by atoms with E-state index in [9.17, 15) is 14.4 Å². The molecule has 0 radical (unpaired) electrons. The van der Waals surface area contributed by atoms with Gasteiger partial charge in [0.15, 0.2) is 0 Å². The molecule has 1 atom stereocenters. The molecular formula is C13H17N3O3. The standard InChI is InChI=1S/C13H17N3O3/c17-10-13(3-4-13)11(18)16(12(19)14-10)9-7-15-5-1-8(9)2-6-15/h8-9H,1-7H2,(H,14,17,19). The van der Waals surface area contributed by atoms with Crippen LogP contribution in [0.25, 0.3) is 0 Å². The minimum absolute atomic E-state index is 0.0411. The van der Waals surface area contributed by atoms with Gasteiger partial charge in [-0.3, -0.25) is 19.8 Å². The third-order valence-electron chi connectivity index (χ3n) is 5.21. The maximum absolute atomic E-state index is 12.5. The highest BCUT2D eigenvalue weighted by Crippen LogP contribution is 2.50. The van der Waals surface area contributed by atoms with Gasteiger partial charge in [-0.05, 0) is 44.7 Å². The maximum atomic E-state index is 12.5. The van der Waals surface area contributed by atoms with Crippen molar-refractivity contribution in [3.63, 3.8) is 0 Å². The Morgan fingerprint density at radius 3 is 2.32 bits per heavy atom. The van der Waals surface area contributed by atoms with E-state index in [1.54, 1.807) is 0 Å². The Balaban J connectivity index is 1.65. The Kier molecular flexibility index (Phi) is 2.14. The van der Waals surface area contributed by atoms with Crippen LogP contribution >= 0.6 is 0 Å². The largest absolute Gasteiger partial charge is 0.331 e. The summed E-state index contributed by atoms with van der Waals surface area (Å²) in [6, 6.07) is -0.549. The Bertz CT molecular complexity index is 478. The summed E-state index contributed by atoms with van der Waals surface area (Å²) in [5.74, 6) is -0.233. The van der Waals surface area contributed by atoms with Crippen molar-refractivity contribution >= 4 is 17.8 Å². The van der Waals surface area contributed by atoms with Crippen molar-refractivity contribution in [1.29, 1.82) is 0 Å². The summed E-state index contributed by atoms with van der Waals surface area (Å²) in [6.07, 6.45) is 3.26. The lowest BCUT2D eigenvalue weighted by Crippen LogP contribution is -2.67. The molecule has 5 rings (SSSR count). The van der Waals surface area contributed by atoms with Gasteiger partial charge in [-0.2, -0.15) is 0 Å². The summed E-state index contributed by atoms with van der Waals surface area (Å²) in [4.78, 5) is 40.1. The fraction of sp³-hybridized carbons (Fsp3) is 0.769. The summed E-state index contributed by atoms with van der Waals surface area (Å²) in [6.45, 7) is 2.90. The van der Waals surface area contributed by atoms with Crippen LogP contribution in [0, 0.1) is 11.3 Å². The van der Waals surface area contributed by atoms with Gasteiger partial charge < -0.3 is 4.90 Å². The van der Waals surface area contributed by atoms with Gasteiger partial charge in [-0.15, -0.1) is 0 Å². The van der Waals surface area contributed by atoms with Crippen molar-refractivity contribution < 1.29 is 14.4 Å². The molecule has 1 N–H and O–H groups in total.